The van der Waals surface area contributed by atoms with E-state index in [1.165, 1.54) is 6.08 Å². The minimum atomic E-state index is 0.266. The quantitative estimate of drug-likeness (QED) is 0.581. The molecule has 0 aromatic carbocycles. The fourth-order valence-electron chi connectivity index (χ4n) is 1.32. The molecule has 110 valence electrons. The molecule has 2 nitrogen and oxygen atoms in total. The van der Waals surface area contributed by atoms with Gasteiger partial charge in [0.25, 0.3) is 0 Å². The highest BCUT2D eigenvalue weighted by atomic mass is 14.6. The van der Waals surface area contributed by atoms with Gasteiger partial charge in [0.2, 0.25) is 0 Å². The third-order valence-electron chi connectivity index (χ3n) is 2.28. The molecule has 0 fully saturated rings. The molecular formula is C20H20N2. The summed E-state index contributed by atoms with van der Waals surface area (Å²) in [5.74, 6) is 0. The maximum Gasteiger partial charge on any atom is 0.0326 e. The Morgan fingerprint density at radius 1 is 0.955 bits per heavy atom. The Balaban J connectivity index is 4.78. The van der Waals surface area contributed by atoms with Crippen LogP contribution in [-0.2, 0) is 0 Å². The van der Waals surface area contributed by atoms with Crippen LogP contribution in [0.4, 0.5) is 0 Å². The van der Waals surface area contributed by atoms with Crippen LogP contribution in [0.25, 0.3) is 0 Å². The Labute approximate surface area is 132 Å². The van der Waals surface area contributed by atoms with Gasteiger partial charge in [0.1, 0.15) is 0 Å². The van der Waals surface area contributed by atoms with E-state index in [2.05, 4.69) is 70.8 Å². The van der Waals surface area contributed by atoms with Gasteiger partial charge in [-0.15, -0.1) is 0 Å². The molecule has 1 atom stereocenters. The molecule has 0 bridgehead atoms. The second-order valence-electron chi connectivity index (χ2n) is 4.34. The third-order valence-corrected chi connectivity index (χ3v) is 2.28. The number of rotatable bonds is 6. The van der Waals surface area contributed by atoms with E-state index in [0.29, 0.717) is 5.70 Å². The number of hydrogen-bond donors (Lipinski definition) is 2. The minimum absolute atomic E-state index is 0.266. The largest absolute Gasteiger partial charge is 0.399 e. The van der Waals surface area contributed by atoms with Crippen molar-refractivity contribution in [3.8, 4) is 0 Å². The van der Waals surface area contributed by atoms with Gasteiger partial charge >= 0.3 is 0 Å². The molecule has 0 aromatic heterocycles. The molecule has 22 heavy (non-hydrogen) atoms. The Kier molecular flexibility index (Phi) is 12.5. The lowest BCUT2D eigenvalue weighted by Crippen LogP contribution is -2.18. The van der Waals surface area contributed by atoms with E-state index in [1.54, 1.807) is 0 Å². The zero-order valence-corrected chi connectivity index (χ0v) is 12.9. The normalized spacial score (nSPS) is 8.45. The van der Waals surface area contributed by atoms with Crippen LogP contribution >= 0.6 is 0 Å². The summed E-state index contributed by atoms with van der Waals surface area (Å²) in [6, 6.07) is 0.266. The van der Waals surface area contributed by atoms with Gasteiger partial charge in [0, 0.05) is 17.8 Å². The van der Waals surface area contributed by atoms with Crippen molar-refractivity contribution in [1.82, 2.24) is 0 Å². The Morgan fingerprint density at radius 3 is 2.05 bits per heavy atom. The van der Waals surface area contributed by atoms with Crippen molar-refractivity contribution >= 4 is 0 Å². The van der Waals surface area contributed by atoms with Crippen molar-refractivity contribution in [2.24, 2.45) is 11.5 Å². The maximum absolute atomic E-state index is 5.89. The van der Waals surface area contributed by atoms with Crippen LogP contribution in [0, 0.1) is 0 Å². The molecular weight excluding hydrogens is 268 g/mol. The first-order chi connectivity index (χ1) is 10.7. The molecule has 0 aliphatic carbocycles. The van der Waals surface area contributed by atoms with Gasteiger partial charge in [-0.3, -0.25) is 0 Å². The molecule has 4 N–H and O–H groups in total. The predicted octanol–water partition coefficient (Wildman–Crippen LogP) is 3.47. The van der Waals surface area contributed by atoms with Gasteiger partial charge in [0.15, 0.2) is 0 Å². The van der Waals surface area contributed by atoms with Crippen LogP contribution in [-0.4, -0.2) is 6.04 Å². The summed E-state index contributed by atoms with van der Waals surface area (Å²) >= 11 is 0. The van der Waals surface area contributed by atoms with E-state index in [4.69, 9.17) is 11.5 Å². The van der Waals surface area contributed by atoms with Gasteiger partial charge in [-0.05, 0) is 71.2 Å². The monoisotopic (exact) mass is 288 g/mol. The van der Waals surface area contributed by atoms with E-state index < -0.39 is 0 Å². The van der Waals surface area contributed by atoms with Crippen molar-refractivity contribution in [2.45, 2.75) is 38.6 Å². The van der Waals surface area contributed by atoms with E-state index in [-0.39, 0.29) is 6.04 Å². The Hall–Kier alpha value is -2.96. The van der Waals surface area contributed by atoms with Crippen LogP contribution in [0.15, 0.2) is 81.7 Å². The third kappa shape index (κ3) is 15.1. The summed E-state index contributed by atoms with van der Waals surface area (Å²) in [5.41, 5.74) is 37.8. The number of allylic oxidation sites excluding steroid dienone is 2. The van der Waals surface area contributed by atoms with Crippen LogP contribution in [0.3, 0.4) is 0 Å². The van der Waals surface area contributed by atoms with Crippen LogP contribution < -0.4 is 11.5 Å². The SMILES string of the molecule is C=C(N)C=C=C=C=C=C=C=C=C=C=C=CCCC(N)CCC. The number of hydrogen-bond acceptors (Lipinski definition) is 2. The highest BCUT2D eigenvalue weighted by Gasteiger charge is 1.97. The van der Waals surface area contributed by atoms with E-state index in [9.17, 15) is 0 Å². The lowest BCUT2D eigenvalue weighted by Gasteiger charge is -2.06. The van der Waals surface area contributed by atoms with Crippen molar-refractivity contribution in [2.75, 3.05) is 0 Å². The van der Waals surface area contributed by atoms with Crippen molar-refractivity contribution < 1.29 is 0 Å². The highest BCUT2D eigenvalue weighted by molar-refractivity contribution is 5.08. The first-order valence-corrected chi connectivity index (χ1v) is 7.02. The van der Waals surface area contributed by atoms with Gasteiger partial charge in [-0.2, -0.15) is 0 Å². The average molecular weight is 288 g/mol. The highest BCUT2D eigenvalue weighted by Crippen LogP contribution is 2.01. The second-order valence-corrected chi connectivity index (χ2v) is 4.34. The van der Waals surface area contributed by atoms with Gasteiger partial charge < -0.3 is 11.5 Å². The summed E-state index contributed by atoms with van der Waals surface area (Å²) in [4.78, 5) is 0. The van der Waals surface area contributed by atoms with Gasteiger partial charge in [-0.1, -0.05) is 31.4 Å². The van der Waals surface area contributed by atoms with E-state index in [1.807, 2.05) is 6.08 Å². The molecule has 0 aliphatic heterocycles. The zero-order chi connectivity index (χ0) is 16.5. The molecule has 0 aromatic rings. The molecule has 0 rings (SSSR count). The molecule has 0 amide bonds. The summed E-state index contributed by atoms with van der Waals surface area (Å²) in [6.45, 7) is 5.60. The summed E-state index contributed by atoms with van der Waals surface area (Å²) in [7, 11) is 0. The molecule has 0 heterocycles. The van der Waals surface area contributed by atoms with E-state index in [0.717, 1.165) is 25.7 Å². The lowest BCUT2D eigenvalue weighted by molar-refractivity contribution is 0.566. The number of nitrogens with two attached hydrogens (primary N) is 2. The summed E-state index contributed by atoms with van der Waals surface area (Å²) < 4.78 is 0. The first kappa shape index (κ1) is 19.0. The second kappa shape index (κ2) is 14.4. The topological polar surface area (TPSA) is 52.0 Å². The minimum Gasteiger partial charge on any atom is -0.399 e. The summed E-state index contributed by atoms with van der Waals surface area (Å²) in [6.07, 6.45) is 7.38. The van der Waals surface area contributed by atoms with Gasteiger partial charge in [-0.25, -0.2) is 0 Å². The average Bonchev–Trinajstić information content (AvgIpc) is 2.47. The van der Waals surface area contributed by atoms with E-state index >= 15 is 0 Å². The Bertz CT molecular complexity index is 750. The molecule has 0 spiro atoms. The molecule has 0 saturated carbocycles. The predicted molar refractivity (Wildman–Crippen MR) is 89.7 cm³/mol. The smallest absolute Gasteiger partial charge is 0.0326 e. The summed E-state index contributed by atoms with van der Waals surface area (Å²) in [5, 5.41) is 0. The molecule has 2 heteroatoms. The Morgan fingerprint density at radius 2 is 1.50 bits per heavy atom. The molecule has 1 unspecified atom stereocenters. The van der Waals surface area contributed by atoms with Crippen molar-refractivity contribution in [3.05, 3.63) is 81.7 Å². The maximum atomic E-state index is 5.89. The standard InChI is InChI=1S/C20H20N2/c1-3-16-20(22)18-15-13-11-9-7-5-4-6-8-10-12-14-17-19(2)21/h13,17,20H,2-3,15-16,18,21-22H2,1H3. The van der Waals surface area contributed by atoms with Crippen LogP contribution in [0.5, 0.6) is 0 Å². The lowest BCUT2D eigenvalue weighted by atomic mass is 10.1. The molecule has 0 aliphatic rings. The fourth-order valence-corrected chi connectivity index (χ4v) is 1.32. The molecule has 0 saturated heterocycles. The van der Waals surface area contributed by atoms with Crippen LogP contribution in [0.1, 0.15) is 32.6 Å². The molecule has 0 radical (unpaired) electrons. The zero-order valence-electron chi connectivity index (χ0n) is 12.9. The first-order valence-electron chi connectivity index (χ1n) is 7.02. The van der Waals surface area contributed by atoms with Crippen molar-refractivity contribution in [3.63, 3.8) is 0 Å². The fraction of sp³-hybridized carbons (Fsp3) is 0.300. The van der Waals surface area contributed by atoms with Crippen molar-refractivity contribution in [1.29, 1.82) is 0 Å². The van der Waals surface area contributed by atoms with Gasteiger partial charge in [0.05, 0.1) is 0 Å². The van der Waals surface area contributed by atoms with Crippen LogP contribution in [0.2, 0.25) is 0 Å².